The Hall–Kier alpha value is -3.29. The van der Waals surface area contributed by atoms with E-state index in [0.717, 1.165) is 25.3 Å². The molecular weight excluding hydrogens is 809 g/mol. The molecule has 19 heteroatoms. The molecule has 0 radical (unpaired) electrons. The van der Waals surface area contributed by atoms with Crippen molar-refractivity contribution >= 4 is 28.7 Å². The quantitative estimate of drug-likeness (QED) is 0.0388. The third-order valence-electron chi connectivity index (χ3n) is 8.64. The summed E-state index contributed by atoms with van der Waals surface area (Å²) in [6.07, 6.45) is -23.8. The first-order chi connectivity index (χ1) is 25.7. The summed E-state index contributed by atoms with van der Waals surface area (Å²) in [5, 5.41) is 0.309. The second-order valence-corrected chi connectivity index (χ2v) is 16.9. The number of carbonyl (C=O) groups is 1. The van der Waals surface area contributed by atoms with Crippen molar-refractivity contribution in [3.8, 4) is 17.1 Å². The van der Waals surface area contributed by atoms with Crippen molar-refractivity contribution in [2.75, 3.05) is 12.4 Å². The van der Waals surface area contributed by atoms with Crippen molar-refractivity contribution in [1.82, 2.24) is 0 Å². The van der Waals surface area contributed by atoms with E-state index in [9.17, 15) is 53.1 Å². The Balaban J connectivity index is 1.66. The molecule has 0 aliphatic rings. The van der Waals surface area contributed by atoms with E-state index in [0.29, 0.717) is 17.4 Å². The van der Waals surface area contributed by atoms with Gasteiger partial charge in [-0.2, -0.15) is 17.6 Å². The van der Waals surface area contributed by atoms with Crippen molar-refractivity contribution in [2.45, 2.75) is 124 Å². The Bertz CT molecular complexity index is 1820. The number of fused-ring (bicyclic) bond motifs is 1. The van der Waals surface area contributed by atoms with Gasteiger partial charge >= 0.3 is 37.1 Å². The van der Waals surface area contributed by atoms with Crippen molar-refractivity contribution in [3.63, 3.8) is 0 Å². The van der Waals surface area contributed by atoms with Crippen LogP contribution in [-0.4, -0.2) is 49.5 Å². The smallest absolute Gasteiger partial charge is 0.456 e. The maximum Gasteiger partial charge on any atom is 0.573 e. The lowest BCUT2D eigenvalue weighted by Gasteiger charge is -2.43. The minimum absolute atomic E-state index is 0.0153. The Morgan fingerprint density at radius 1 is 0.737 bits per heavy atom. The number of hydrogen-bond donors (Lipinski definition) is 0. The van der Waals surface area contributed by atoms with Crippen LogP contribution in [0.2, 0.25) is 0 Å². The summed E-state index contributed by atoms with van der Waals surface area (Å²) < 4.78 is 177. The van der Waals surface area contributed by atoms with Gasteiger partial charge in [0.2, 0.25) is 0 Å². The van der Waals surface area contributed by atoms with Gasteiger partial charge in [-0.15, -0.1) is 42.5 Å². The summed E-state index contributed by atoms with van der Waals surface area (Å²) in [6, 6.07) is 9.28. The van der Waals surface area contributed by atoms with E-state index in [1.807, 2.05) is 6.92 Å². The van der Waals surface area contributed by atoms with Gasteiger partial charge in [0, 0.05) is 10.3 Å². The fourth-order valence-electron chi connectivity index (χ4n) is 5.72. The van der Waals surface area contributed by atoms with E-state index >= 15 is 0 Å². The molecule has 3 rings (SSSR count). The van der Waals surface area contributed by atoms with Crippen LogP contribution >= 0.6 is 11.8 Å². The number of aryl methyl sites for hydroxylation is 1. The van der Waals surface area contributed by atoms with Crippen molar-refractivity contribution in [1.29, 1.82) is 0 Å². The summed E-state index contributed by atoms with van der Waals surface area (Å²) in [4.78, 5) is 12.8. The fraction of sp³-hybridized carbons (Fsp3) is 0.605. The number of unbranched alkanes of at least 4 members (excludes halogenated alkanes) is 2. The summed E-state index contributed by atoms with van der Waals surface area (Å²) in [6.45, 7) is 11.4. The largest absolute Gasteiger partial charge is 0.573 e. The molecule has 1 heterocycles. The van der Waals surface area contributed by atoms with Crippen LogP contribution < -0.4 is 4.74 Å². The van der Waals surface area contributed by atoms with Gasteiger partial charge in [-0.05, 0) is 79.0 Å². The van der Waals surface area contributed by atoms with Crippen LogP contribution in [0.5, 0.6) is 5.75 Å². The van der Waals surface area contributed by atoms with Gasteiger partial charge in [0.1, 0.15) is 17.1 Å². The first-order valence-corrected chi connectivity index (χ1v) is 18.6. The van der Waals surface area contributed by atoms with Gasteiger partial charge < -0.3 is 13.9 Å². The minimum atomic E-state index is -5.94. The summed E-state index contributed by atoms with van der Waals surface area (Å²) in [7, 11) is 0. The van der Waals surface area contributed by atoms with Crippen LogP contribution in [-0.2, 0) is 30.2 Å². The van der Waals surface area contributed by atoms with E-state index in [1.165, 1.54) is 37.3 Å². The lowest BCUT2D eigenvalue weighted by molar-refractivity contribution is -0.572. The molecule has 1 aromatic heterocycles. The lowest BCUT2D eigenvalue weighted by atomic mass is 9.61. The number of alkyl halides is 11. The molecule has 0 aliphatic carbocycles. The first kappa shape index (κ1) is 48.1. The zero-order chi connectivity index (χ0) is 43.5. The van der Waals surface area contributed by atoms with E-state index in [4.69, 9.17) is 4.42 Å². The van der Waals surface area contributed by atoms with Gasteiger partial charge in [0.25, 0.3) is 0 Å². The Morgan fingerprint density at radius 2 is 1.35 bits per heavy atom. The van der Waals surface area contributed by atoms with Crippen molar-refractivity contribution in [3.05, 3.63) is 48.0 Å². The molecule has 0 saturated carbocycles. The van der Waals surface area contributed by atoms with Gasteiger partial charge in [0.05, 0.1) is 16.7 Å². The SMILES string of the molecule is CCCCCc1ccc(-c2cc3ccc(SCC(F)(F)OC(F)(F)OC(F)(F)OC(F)(F)COC(=O)C(C)(CC(C)(C)C)C(C)(C)C)cc3o2)c(OC(F)(F)F)c1. The molecule has 322 valence electrons. The Labute approximate surface area is 326 Å². The molecule has 3 aromatic rings. The molecule has 0 saturated heterocycles. The molecular formula is C38H45F11O7S. The molecule has 0 fully saturated rings. The number of hydrogen-bond acceptors (Lipinski definition) is 8. The van der Waals surface area contributed by atoms with Gasteiger partial charge in [-0.25, -0.2) is 14.2 Å². The highest BCUT2D eigenvalue weighted by molar-refractivity contribution is 7.99. The molecule has 7 nitrogen and oxygen atoms in total. The normalized spacial score (nSPS) is 14.9. The van der Waals surface area contributed by atoms with E-state index < -0.39 is 71.5 Å². The average Bonchev–Trinajstić information content (AvgIpc) is 3.42. The first-order valence-electron chi connectivity index (χ1n) is 17.6. The predicted molar refractivity (Wildman–Crippen MR) is 188 cm³/mol. The van der Waals surface area contributed by atoms with E-state index in [2.05, 4.69) is 23.7 Å². The Morgan fingerprint density at radius 3 is 1.91 bits per heavy atom. The number of esters is 1. The number of ether oxygens (including phenoxy) is 5. The minimum Gasteiger partial charge on any atom is -0.456 e. The summed E-state index contributed by atoms with van der Waals surface area (Å²) in [5.41, 5.74) is -2.31. The number of halogens is 11. The molecule has 0 amide bonds. The molecule has 1 unspecified atom stereocenters. The second-order valence-electron chi connectivity index (χ2n) is 15.8. The standard InChI is InChI=1S/C38H45F11O7S/c1-9-10-11-12-23-13-16-26(29(17-23)53-36(43,44)45)28-18-24-14-15-25(19-27(24)52-28)57-22-35(41,42)55-38(48,49)56-37(46,47)54-34(39,40)21-51-30(50)33(8,32(5,6)7)20-31(2,3)4/h13-19H,9-12,20-22H2,1-8H3. The summed E-state index contributed by atoms with van der Waals surface area (Å²) >= 11 is 0.170. The zero-order valence-corrected chi connectivity index (χ0v) is 33.2. The van der Waals surface area contributed by atoms with Crippen LogP contribution in [0.1, 0.15) is 86.6 Å². The maximum atomic E-state index is 14.5. The number of thioether (sulfide) groups is 1. The number of furan rings is 1. The highest BCUT2D eigenvalue weighted by atomic mass is 32.2. The fourth-order valence-corrected chi connectivity index (χ4v) is 6.46. The lowest BCUT2D eigenvalue weighted by Crippen LogP contribution is -2.48. The topological polar surface area (TPSA) is 76.4 Å². The molecule has 1 atom stereocenters. The monoisotopic (exact) mass is 854 g/mol. The number of rotatable bonds is 19. The van der Waals surface area contributed by atoms with E-state index in [1.54, 1.807) is 47.6 Å². The summed E-state index contributed by atoms with van der Waals surface area (Å²) in [5.74, 6) is -3.49. The second kappa shape index (κ2) is 17.5. The van der Waals surface area contributed by atoms with Crippen LogP contribution in [0, 0.1) is 16.2 Å². The third kappa shape index (κ3) is 14.8. The Kier molecular flexibility index (Phi) is 14.8. The third-order valence-corrected chi connectivity index (χ3v) is 9.71. The molecule has 0 aliphatic heterocycles. The van der Waals surface area contributed by atoms with Gasteiger partial charge in [0.15, 0.2) is 6.61 Å². The van der Waals surface area contributed by atoms with Crippen LogP contribution in [0.25, 0.3) is 22.3 Å². The van der Waals surface area contributed by atoms with Crippen LogP contribution in [0.3, 0.4) is 0 Å². The average molecular weight is 855 g/mol. The van der Waals surface area contributed by atoms with Crippen LogP contribution in [0.4, 0.5) is 48.3 Å². The number of carbonyl (C=O) groups excluding carboxylic acids is 1. The zero-order valence-electron chi connectivity index (χ0n) is 32.4. The maximum absolute atomic E-state index is 14.5. The van der Waals surface area contributed by atoms with E-state index in [-0.39, 0.29) is 40.0 Å². The molecule has 0 N–H and O–H groups in total. The van der Waals surface area contributed by atoms with Crippen molar-refractivity contribution in [2.24, 2.45) is 16.2 Å². The number of benzene rings is 2. The van der Waals surface area contributed by atoms with Crippen LogP contribution in [0.15, 0.2) is 51.8 Å². The molecule has 2 aromatic carbocycles. The predicted octanol–water partition coefficient (Wildman–Crippen LogP) is 13.2. The highest BCUT2D eigenvalue weighted by Gasteiger charge is 2.57. The van der Waals surface area contributed by atoms with Gasteiger partial charge in [-0.3, -0.25) is 4.79 Å². The van der Waals surface area contributed by atoms with Crippen molar-refractivity contribution < 1.29 is 81.2 Å². The van der Waals surface area contributed by atoms with Gasteiger partial charge in [-0.1, -0.05) is 67.4 Å². The molecule has 0 bridgehead atoms. The highest BCUT2D eigenvalue weighted by Crippen LogP contribution is 2.48. The molecule has 57 heavy (non-hydrogen) atoms. The molecule has 0 spiro atoms.